The van der Waals surface area contributed by atoms with Crippen LogP contribution in [0.5, 0.6) is 0 Å². The highest BCUT2D eigenvalue weighted by molar-refractivity contribution is 5.92. The topological polar surface area (TPSA) is 96.4 Å². The summed E-state index contributed by atoms with van der Waals surface area (Å²) < 4.78 is 0. The van der Waals surface area contributed by atoms with E-state index in [1.54, 1.807) is 18.2 Å². The van der Waals surface area contributed by atoms with Crippen molar-refractivity contribution >= 4 is 22.5 Å². The molecule has 1 amide bonds. The molecule has 0 saturated carbocycles. The molecule has 120 valence electrons. The number of hydrogen-bond acceptors (Lipinski definition) is 5. The smallest absolute Gasteiger partial charge is 0.264 e. The Morgan fingerprint density at radius 3 is 3.04 bits per heavy atom. The number of benzene rings is 1. The van der Waals surface area contributed by atoms with Crippen LogP contribution in [0, 0.1) is 0 Å². The largest absolute Gasteiger partial charge is 0.382 e. The van der Waals surface area contributed by atoms with Gasteiger partial charge >= 0.3 is 0 Å². The summed E-state index contributed by atoms with van der Waals surface area (Å²) in [6.07, 6.45) is 1.22. The van der Waals surface area contributed by atoms with Crippen LogP contribution in [0.3, 0.4) is 0 Å². The lowest BCUT2D eigenvalue weighted by Crippen LogP contribution is -2.36. The quantitative estimate of drug-likeness (QED) is 0.865. The lowest BCUT2D eigenvalue weighted by Gasteiger charge is -2.09. The van der Waals surface area contributed by atoms with Crippen LogP contribution in [0.2, 0.25) is 0 Å². The van der Waals surface area contributed by atoms with Gasteiger partial charge in [0, 0.05) is 19.4 Å². The van der Waals surface area contributed by atoms with Gasteiger partial charge in [-0.25, -0.2) is 4.98 Å². The standard InChI is InChI=1S/C16H18N4O3/c1-2-10-9-13(23-20-10)16(22)17-8-7-14-18-12-6-4-3-5-11(12)15(21)19-14/h3-6,13H,2,7-9H2,1H3,(H,17,22)(H,18,19,21)/t13-/m0/s1. The Hall–Kier alpha value is -2.70. The number of aromatic nitrogens is 2. The third-order valence-corrected chi connectivity index (χ3v) is 3.75. The van der Waals surface area contributed by atoms with Gasteiger partial charge in [-0.05, 0) is 18.6 Å². The fraction of sp³-hybridized carbons (Fsp3) is 0.375. The summed E-state index contributed by atoms with van der Waals surface area (Å²) in [5.41, 5.74) is 1.38. The second kappa shape index (κ2) is 6.60. The highest BCUT2D eigenvalue weighted by Crippen LogP contribution is 2.12. The Morgan fingerprint density at radius 1 is 1.43 bits per heavy atom. The third kappa shape index (κ3) is 3.39. The Bertz CT molecular complexity index is 812. The van der Waals surface area contributed by atoms with Crippen LogP contribution >= 0.6 is 0 Å². The SMILES string of the molecule is CCC1=NO[C@H](C(=O)NCCc2nc3ccccc3c(=O)[nH]2)C1. The molecule has 1 aliphatic heterocycles. The summed E-state index contributed by atoms with van der Waals surface area (Å²) >= 11 is 0. The molecule has 0 aliphatic carbocycles. The maximum atomic E-state index is 12.0. The summed E-state index contributed by atoms with van der Waals surface area (Å²) in [7, 11) is 0. The minimum atomic E-state index is -0.548. The zero-order valence-electron chi connectivity index (χ0n) is 12.8. The minimum Gasteiger partial charge on any atom is -0.382 e. The lowest BCUT2D eigenvalue weighted by molar-refractivity contribution is -0.131. The molecule has 2 heterocycles. The number of para-hydroxylation sites is 1. The van der Waals surface area contributed by atoms with Crippen molar-refractivity contribution in [3.05, 3.63) is 40.4 Å². The van der Waals surface area contributed by atoms with E-state index in [0.717, 1.165) is 12.1 Å². The van der Waals surface area contributed by atoms with Crippen molar-refractivity contribution in [1.29, 1.82) is 0 Å². The van der Waals surface area contributed by atoms with Crippen molar-refractivity contribution in [1.82, 2.24) is 15.3 Å². The number of aromatic amines is 1. The van der Waals surface area contributed by atoms with Crippen molar-refractivity contribution < 1.29 is 9.63 Å². The fourth-order valence-corrected chi connectivity index (χ4v) is 2.45. The van der Waals surface area contributed by atoms with Crippen LogP contribution in [0.4, 0.5) is 0 Å². The fourth-order valence-electron chi connectivity index (χ4n) is 2.45. The van der Waals surface area contributed by atoms with Gasteiger partial charge in [-0.2, -0.15) is 0 Å². The van der Waals surface area contributed by atoms with Gasteiger partial charge < -0.3 is 15.1 Å². The Labute approximate surface area is 132 Å². The normalized spacial score (nSPS) is 16.9. The zero-order valence-corrected chi connectivity index (χ0v) is 12.8. The molecule has 0 spiro atoms. The molecule has 7 heteroatoms. The van der Waals surface area contributed by atoms with Crippen LogP contribution < -0.4 is 10.9 Å². The molecule has 1 aliphatic rings. The number of nitrogens with one attached hydrogen (secondary N) is 2. The average Bonchev–Trinajstić information content (AvgIpc) is 3.04. The van der Waals surface area contributed by atoms with E-state index in [-0.39, 0.29) is 11.5 Å². The summed E-state index contributed by atoms with van der Waals surface area (Å²) in [6, 6.07) is 7.16. The van der Waals surface area contributed by atoms with Gasteiger partial charge in [-0.15, -0.1) is 0 Å². The molecule has 3 rings (SSSR count). The number of nitrogens with zero attached hydrogens (tertiary/aromatic N) is 2. The van der Waals surface area contributed by atoms with Crippen LogP contribution in [0.1, 0.15) is 25.6 Å². The monoisotopic (exact) mass is 314 g/mol. The molecule has 2 N–H and O–H groups in total. The molecule has 1 aromatic carbocycles. The number of hydrogen-bond donors (Lipinski definition) is 2. The molecule has 0 bridgehead atoms. The first kappa shape index (κ1) is 15.2. The molecule has 0 fully saturated rings. The van der Waals surface area contributed by atoms with Crippen molar-refractivity contribution in [3.63, 3.8) is 0 Å². The van der Waals surface area contributed by atoms with Crippen molar-refractivity contribution in [3.8, 4) is 0 Å². The minimum absolute atomic E-state index is 0.169. The van der Waals surface area contributed by atoms with Crippen LogP contribution in [-0.2, 0) is 16.1 Å². The third-order valence-electron chi connectivity index (χ3n) is 3.75. The molecule has 1 atom stereocenters. The molecule has 23 heavy (non-hydrogen) atoms. The van der Waals surface area contributed by atoms with E-state index in [2.05, 4.69) is 20.4 Å². The predicted molar refractivity (Wildman–Crippen MR) is 86.3 cm³/mol. The summed E-state index contributed by atoms with van der Waals surface area (Å²) in [5.74, 6) is 0.354. The number of rotatable bonds is 5. The van der Waals surface area contributed by atoms with Gasteiger partial charge in [0.2, 0.25) is 6.10 Å². The molecule has 1 aromatic heterocycles. The van der Waals surface area contributed by atoms with E-state index in [9.17, 15) is 9.59 Å². The number of carbonyl (C=O) groups is 1. The second-order valence-corrected chi connectivity index (χ2v) is 5.38. The van der Waals surface area contributed by atoms with E-state index in [1.807, 2.05) is 13.0 Å². The first-order chi connectivity index (χ1) is 11.2. The van der Waals surface area contributed by atoms with Gasteiger partial charge in [-0.1, -0.05) is 24.2 Å². The van der Waals surface area contributed by atoms with E-state index < -0.39 is 6.10 Å². The van der Waals surface area contributed by atoms with E-state index in [4.69, 9.17) is 4.84 Å². The second-order valence-electron chi connectivity index (χ2n) is 5.38. The number of oxime groups is 1. The number of amides is 1. The average molecular weight is 314 g/mol. The Morgan fingerprint density at radius 2 is 2.26 bits per heavy atom. The van der Waals surface area contributed by atoms with Gasteiger partial charge in [0.15, 0.2) is 0 Å². The molecule has 7 nitrogen and oxygen atoms in total. The van der Waals surface area contributed by atoms with Crippen LogP contribution in [-0.4, -0.2) is 34.2 Å². The predicted octanol–water partition coefficient (Wildman–Crippen LogP) is 1.14. The molecule has 2 aromatic rings. The summed E-state index contributed by atoms with van der Waals surface area (Å²) in [5, 5.41) is 7.21. The lowest BCUT2D eigenvalue weighted by atomic mass is 10.1. The first-order valence-electron chi connectivity index (χ1n) is 7.64. The highest BCUT2D eigenvalue weighted by atomic mass is 16.6. The molecule has 0 unspecified atom stereocenters. The number of H-pyrrole nitrogens is 1. The zero-order chi connectivity index (χ0) is 16.2. The van der Waals surface area contributed by atoms with Crippen molar-refractivity contribution in [2.24, 2.45) is 5.16 Å². The van der Waals surface area contributed by atoms with E-state index >= 15 is 0 Å². The molecular weight excluding hydrogens is 296 g/mol. The van der Waals surface area contributed by atoms with Gasteiger partial charge in [0.05, 0.1) is 16.6 Å². The maximum Gasteiger partial charge on any atom is 0.264 e. The number of carbonyl (C=O) groups excluding carboxylic acids is 1. The van der Waals surface area contributed by atoms with Gasteiger partial charge in [0.25, 0.3) is 11.5 Å². The maximum absolute atomic E-state index is 12.0. The highest BCUT2D eigenvalue weighted by Gasteiger charge is 2.26. The molecular formula is C16H18N4O3. The Kier molecular flexibility index (Phi) is 4.36. The molecule has 0 radical (unpaired) electrons. The van der Waals surface area contributed by atoms with Gasteiger partial charge in [0.1, 0.15) is 5.82 Å². The summed E-state index contributed by atoms with van der Waals surface area (Å²) in [6.45, 7) is 2.35. The Balaban J connectivity index is 1.57. The van der Waals surface area contributed by atoms with E-state index in [0.29, 0.717) is 36.1 Å². The van der Waals surface area contributed by atoms with Gasteiger partial charge in [-0.3, -0.25) is 9.59 Å². The van der Waals surface area contributed by atoms with E-state index in [1.165, 1.54) is 0 Å². The molecule has 0 saturated heterocycles. The van der Waals surface area contributed by atoms with Crippen molar-refractivity contribution in [2.75, 3.05) is 6.54 Å². The van der Waals surface area contributed by atoms with Crippen LogP contribution in [0.25, 0.3) is 10.9 Å². The first-order valence-corrected chi connectivity index (χ1v) is 7.64. The van der Waals surface area contributed by atoms with Crippen molar-refractivity contribution in [2.45, 2.75) is 32.3 Å². The summed E-state index contributed by atoms with van der Waals surface area (Å²) in [4.78, 5) is 36.2. The van der Waals surface area contributed by atoms with Crippen LogP contribution in [0.15, 0.2) is 34.2 Å². The number of fused-ring (bicyclic) bond motifs is 1.